The van der Waals surface area contributed by atoms with Crippen LogP contribution in [0.5, 0.6) is 0 Å². The van der Waals surface area contributed by atoms with Gasteiger partial charge in [0.1, 0.15) is 0 Å². The molecule has 74 heavy (non-hydrogen) atoms. The van der Waals surface area contributed by atoms with Crippen molar-refractivity contribution >= 4 is 11.9 Å². The molecule has 0 aromatic rings. The van der Waals surface area contributed by atoms with Crippen LogP contribution in [0.1, 0.15) is 361 Å². The van der Waals surface area contributed by atoms with E-state index in [4.69, 9.17) is 4.74 Å². The Kier molecular flexibility index (Phi) is 62.0. The fourth-order valence-electron chi connectivity index (χ4n) is 10.3. The second-order valence-electron chi connectivity index (χ2n) is 22.8. The number of allylic oxidation sites excluding steroid dienone is 6. The number of ether oxygens (including phenoxy) is 1. The van der Waals surface area contributed by atoms with E-state index >= 15 is 0 Å². The van der Waals surface area contributed by atoms with Crippen LogP contribution in [0.15, 0.2) is 36.5 Å². The highest BCUT2D eigenvalue weighted by molar-refractivity contribution is 5.76. The monoisotopic (exact) mass is 1040 g/mol. The molecule has 0 saturated heterocycles. The summed E-state index contributed by atoms with van der Waals surface area (Å²) in [7, 11) is 0. The molecule has 2 unspecified atom stereocenters. The molecular formula is C68H129NO5. The summed E-state index contributed by atoms with van der Waals surface area (Å²) in [6, 6.07) is -0.546. The molecule has 0 saturated carbocycles. The third kappa shape index (κ3) is 59.3. The van der Waals surface area contributed by atoms with Crippen LogP contribution in [0.4, 0.5) is 0 Å². The van der Waals surface area contributed by atoms with Crippen molar-refractivity contribution in [3.63, 3.8) is 0 Å². The second kappa shape index (κ2) is 63.6. The lowest BCUT2D eigenvalue weighted by atomic mass is 10.0. The van der Waals surface area contributed by atoms with Gasteiger partial charge in [-0.3, -0.25) is 9.59 Å². The SMILES string of the molecule is CCCC/C=C\C/C=C\CCCCCCCC(=O)OCCCCCCCCCCCCCC/C=C\CCCCCCCCCCC(=O)NC(CO)C(O)CCCCCCCCCCCCCCCCCCCCC. The van der Waals surface area contributed by atoms with E-state index in [9.17, 15) is 19.8 Å². The fraction of sp³-hybridized carbons (Fsp3) is 0.882. The third-order valence-electron chi connectivity index (χ3n) is 15.4. The van der Waals surface area contributed by atoms with E-state index in [0.717, 1.165) is 51.4 Å². The third-order valence-corrected chi connectivity index (χ3v) is 15.4. The number of aliphatic hydroxyl groups is 2. The smallest absolute Gasteiger partial charge is 0.305 e. The molecule has 3 N–H and O–H groups in total. The molecule has 0 bridgehead atoms. The number of rotatable bonds is 62. The molecule has 0 fully saturated rings. The predicted octanol–water partition coefficient (Wildman–Crippen LogP) is 21.1. The largest absolute Gasteiger partial charge is 0.466 e. The summed E-state index contributed by atoms with van der Waals surface area (Å²) in [4.78, 5) is 24.6. The van der Waals surface area contributed by atoms with Gasteiger partial charge < -0.3 is 20.3 Å². The van der Waals surface area contributed by atoms with E-state index in [-0.39, 0.29) is 18.5 Å². The highest BCUT2D eigenvalue weighted by Crippen LogP contribution is 2.18. The molecule has 0 aliphatic carbocycles. The van der Waals surface area contributed by atoms with Gasteiger partial charge in [0.15, 0.2) is 0 Å². The predicted molar refractivity (Wildman–Crippen MR) is 324 cm³/mol. The summed E-state index contributed by atoms with van der Waals surface area (Å²) in [5.41, 5.74) is 0. The van der Waals surface area contributed by atoms with Crippen molar-refractivity contribution in [2.24, 2.45) is 0 Å². The van der Waals surface area contributed by atoms with Gasteiger partial charge in [0.05, 0.1) is 25.4 Å². The van der Waals surface area contributed by atoms with Gasteiger partial charge in [0.25, 0.3) is 0 Å². The summed E-state index contributed by atoms with van der Waals surface area (Å²) < 4.78 is 5.47. The van der Waals surface area contributed by atoms with Gasteiger partial charge in [0.2, 0.25) is 5.91 Å². The zero-order valence-corrected chi connectivity index (χ0v) is 49.8. The molecule has 0 aromatic carbocycles. The molecule has 0 aliphatic rings. The summed E-state index contributed by atoms with van der Waals surface area (Å²) in [5.74, 6) is -0.0385. The summed E-state index contributed by atoms with van der Waals surface area (Å²) in [6.07, 6.45) is 80.2. The molecule has 0 aliphatic heterocycles. The second-order valence-corrected chi connectivity index (χ2v) is 22.8. The minimum atomic E-state index is -0.668. The average molecular weight is 1040 g/mol. The van der Waals surface area contributed by atoms with Gasteiger partial charge in [-0.05, 0) is 77.0 Å². The number of hydrogen-bond donors (Lipinski definition) is 3. The van der Waals surface area contributed by atoms with Gasteiger partial charge in [-0.2, -0.15) is 0 Å². The maximum absolute atomic E-state index is 12.5. The van der Waals surface area contributed by atoms with E-state index in [1.54, 1.807) is 0 Å². The standard InChI is InChI=1S/C68H129NO5/c1-3-5-7-9-11-13-15-17-19-20-27-30-33-36-40-44-48-52-56-60-66(71)65(64-70)69-67(72)61-57-53-49-45-41-37-34-31-28-25-23-21-22-24-26-29-32-35-39-43-47-51-55-59-63-74-68(73)62-58-54-50-46-42-38-18-16-14-12-10-8-6-4-2/h10,12,16,18,23,25,65-66,70-71H,3-9,11,13-15,17,19-22,24,26-64H2,1-2H3,(H,69,72)/b12-10-,18-16-,25-23-. The summed E-state index contributed by atoms with van der Waals surface area (Å²) in [6.45, 7) is 4.93. The number of aliphatic hydroxyl groups excluding tert-OH is 2. The molecule has 1 amide bonds. The maximum Gasteiger partial charge on any atom is 0.305 e. The van der Waals surface area contributed by atoms with Gasteiger partial charge in [-0.1, -0.05) is 307 Å². The summed E-state index contributed by atoms with van der Waals surface area (Å²) >= 11 is 0. The quantitative estimate of drug-likeness (QED) is 0.0320. The van der Waals surface area contributed by atoms with Crippen LogP contribution >= 0.6 is 0 Å². The van der Waals surface area contributed by atoms with E-state index in [1.807, 2.05) is 0 Å². The zero-order valence-electron chi connectivity index (χ0n) is 49.8. The molecule has 0 aromatic heterocycles. The van der Waals surface area contributed by atoms with Gasteiger partial charge in [0, 0.05) is 12.8 Å². The molecule has 0 radical (unpaired) electrons. The van der Waals surface area contributed by atoms with Crippen LogP contribution in [0.25, 0.3) is 0 Å². The number of nitrogens with one attached hydrogen (secondary N) is 1. The average Bonchev–Trinajstić information content (AvgIpc) is 3.40. The molecule has 0 spiro atoms. The molecule has 0 heterocycles. The van der Waals surface area contributed by atoms with Crippen LogP contribution < -0.4 is 5.32 Å². The van der Waals surface area contributed by atoms with Crippen molar-refractivity contribution in [3.05, 3.63) is 36.5 Å². The number of hydrogen-bond acceptors (Lipinski definition) is 5. The Morgan fingerprint density at radius 2 is 0.689 bits per heavy atom. The maximum atomic E-state index is 12.5. The number of carbonyl (C=O) groups is 2. The molecule has 436 valence electrons. The van der Waals surface area contributed by atoms with Crippen molar-refractivity contribution in [2.45, 2.75) is 373 Å². The normalized spacial score (nSPS) is 12.8. The number of esters is 1. The fourth-order valence-corrected chi connectivity index (χ4v) is 10.3. The molecule has 0 rings (SSSR count). The van der Waals surface area contributed by atoms with Crippen molar-refractivity contribution < 1.29 is 24.5 Å². The topological polar surface area (TPSA) is 95.9 Å². The highest BCUT2D eigenvalue weighted by atomic mass is 16.5. The van der Waals surface area contributed by atoms with Crippen LogP contribution in [0, 0.1) is 0 Å². The van der Waals surface area contributed by atoms with Crippen molar-refractivity contribution in [3.8, 4) is 0 Å². The Balaban J connectivity index is 3.41. The van der Waals surface area contributed by atoms with E-state index in [0.29, 0.717) is 25.9 Å². The van der Waals surface area contributed by atoms with Crippen molar-refractivity contribution in [2.75, 3.05) is 13.2 Å². The molecule has 2 atom stereocenters. The van der Waals surface area contributed by atoms with Crippen LogP contribution in [-0.2, 0) is 14.3 Å². The Morgan fingerprint density at radius 1 is 0.378 bits per heavy atom. The lowest BCUT2D eigenvalue weighted by Gasteiger charge is -2.22. The lowest BCUT2D eigenvalue weighted by Crippen LogP contribution is -2.45. The Morgan fingerprint density at radius 3 is 1.08 bits per heavy atom. The number of carbonyl (C=O) groups excluding carboxylic acids is 2. The lowest BCUT2D eigenvalue weighted by molar-refractivity contribution is -0.143. The van der Waals surface area contributed by atoms with Crippen molar-refractivity contribution in [1.29, 1.82) is 0 Å². The first-order chi connectivity index (χ1) is 36.5. The Labute approximate surface area is 462 Å². The van der Waals surface area contributed by atoms with E-state index < -0.39 is 12.1 Å². The van der Waals surface area contributed by atoms with Gasteiger partial charge in [-0.15, -0.1) is 0 Å². The number of amides is 1. The minimum absolute atomic E-state index is 0.00180. The van der Waals surface area contributed by atoms with Crippen LogP contribution in [0.3, 0.4) is 0 Å². The molecular weight excluding hydrogens is 911 g/mol. The van der Waals surface area contributed by atoms with E-state index in [1.165, 1.54) is 276 Å². The molecule has 6 nitrogen and oxygen atoms in total. The first-order valence-corrected chi connectivity index (χ1v) is 33.2. The van der Waals surface area contributed by atoms with Crippen LogP contribution in [-0.4, -0.2) is 47.4 Å². The highest BCUT2D eigenvalue weighted by Gasteiger charge is 2.20. The summed E-state index contributed by atoms with van der Waals surface area (Å²) in [5, 5.41) is 23.4. The Bertz CT molecular complexity index is 1200. The van der Waals surface area contributed by atoms with E-state index in [2.05, 4.69) is 55.6 Å². The van der Waals surface area contributed by atoms with Gasteiger partial charge >= 0.3 is 5.97 Å². The number of unbranched alkanes of at least 4 members (excludes halogenated alkanes) is 45. The van der Waals surface area contributed by atoms with Gasteiger partial charge in [-0.25, -0.2) is 0 Å². The first-order valence-electron chi connectivity index (χ1n) is 33.2. The minimum Gasteiger partial charge on any atom is -0.466 e. The zero-order chi connectivity index (χ0) is 53.6. The molecule has 6 heteroatoms. The Hall–Kier alpha value is -1.92. The van der Waals surface area contributed by atoms with Crippen molar-refractivity contribution in [1.82, 2.24) is 5.32 Å². The first kappa shape index (κ1) is 72.1. The van der Waals surface area contributed by atoms with Crippen LogP contribution in [0.2, 0.25) is 0 Å².